The van der Waals surface area contributed by atoms with Crippen LogP contribution in [0.15, 0.2) is 36.4 Å². The van der Waals surface area contributed by atoms with Gasteiger partial charge in [0, 0.05) is 29.9 Å². The maximum Gasteiger partial charge on any atom is 0.256 e. The number of aryl methyl sites for hydroxylation is 1. The van der Waals surface area contributed by atoms with Gasteiger partial charge in [-0.3, -0.25) is 9.59 Å². The van der Waals surface area contributed by atoms with Crippen LogP contribution in [0.2, 0.25) is 15.1 Å². The largest absolute Gasteiger partial charge is 0.493 e. The van der Waals surface area contributed by atoms with Gasteiger partial charge in [-0.15, -0.1) is 0 Å². The number of hydrogen-bond acceptors (Lipinski definition) is 3. The molecule has 30 heavy (non-hydrogen) atoms. The van der Waals surface area contributed by atoms with E-state index in [1.807, 2.05) is 13.0 Å². The molecular weight excluding hydrogens is 447 g/mol. The number of nitrogens with two attached hydrogens (primary N) is 1. The number of ether oxygens (including phenoxy) is 1. The van der Waals surface area contributed by atoms with Crippen molar-refractivity contribution in [1.82, 2.24) is 4.90 Å². The molecule has 1 atom stereocenters. The van der Waals surface area contributed by atoms with Gasteiger partial charge in [-0.25, -0.2) is 0 Å². The SMILES string of the molecule is Cc1cc(OC[C@@]2(CC(N)=O)CCCN(C(=O)c3c(Cl)cccc3Cl)C2)ccc1Cl. The minimum Gasteiger partial charge on any atom is -0.493 e. The summed E-state index contributed by atoms with van der Waals surface area (Å²) >= 11 is 18.5. The first-order chi connectivity index (χ1) is 14.2. The summed E-state index contributed by atoms with van der Waals surface area (Å²) in [5.41, 5.74) is 6.11. The summed E-state index contributed by atoms with van der Waals surface area (Å²) in [7, 11) is 0. The van der Waals surface area contributed by atoms with E-state index in [0.29, 0.717) is 46.7 Å². The van der Waals surface area contributed by atoms with Crippen LogP contribution < -0.4 is 10.5 Å². The van der Waals surface area contributed by atoms with Crippen LogP contribution in [-0.2, 0) is 4.79 Å². The van der Waals surface area contributed by atoms with E-state index >= 15 is 0 Å². The lowest BCUT2D eigenvalue weighted by Crippen LogP contribution is -2.50. The lowest BCUT2D eigenvalue weighted by molar-refractivity contribution is -0.122. The quantitative estimate of drug-likeness (QED) is 0.637. The molecule has 0 saturated carbocycles. The molecule has 1 fully saturated rings. The number of carbonyl (C=O) groups is 2. The molecule has 0 bridgehead atoms. The molecule has 1 saturated heterocycles. The Hall–Kier alpha value is -1.95. The number of benzene rings is 2. The molecule has 8 heteroatoms. The Kier molecular flexibility index (Phi) is 7.17. The van der Waals surface area contributed by atoms with Gasteiger partial charge in [-0.2, -0.15) is 0 Å². The Morgan fingerprint density at radius 1 is 1.13 bits per heavy atom. The molecule has 2 aromatic rings. The van der Waals surface area contributed by atoms with Gasteiger partial charge in [0.2, 0.25) is 5.91 Å². The summed E-state index contributed by atoms with van der Waals surface area (Å²) in [6.07, 6.45) is 1.53. The van der Waals surface area contributed by atoms with E-state index in [-0.39, 0.29) is 24.5 Å². The Labute approximate surface area is 191 Å². The van der Waals surface area contributed by atoms with E-state index in [9.17, 15) is 9.59 Å². The Morgan fingerprint density at radius 3 is 2.47 bits per heavy atom. The summed E-state index contributed by atoms with van der Waals surface area (Å²) in [6, 6.07) is 10.3. The van der Waals surface area contributed by atoms with E-state index in [0.717, 1.165) is 5.56 Å². The smallest absolute Gasteiger partial charge is 0.256 e. The molecule has 2 amide bonds. The van der Waals surface area contributed by atoms with Crippen LogP contribution in [-0.4, -0.2) is 36.4 Å². The summed E-state index contributed by atoms with van der Waals surface area (Å²) in [4.78, 5) is 26.7. The van der Waals surface area contributed by atoms with Gasteiger partial charge in [0.05, 0.1) is 22.2 Å². The highest BCUT2D eigenvalue weighted by atomic mass is 35.5. The summed E-state index contributed by atoms with van der Waals surface area (Å²) in [5.74, 6) is -0.0456. The molecule has 160 valence electrons. The second-order valence-electron chi connectivity index (χ2n) is 7.77. The third kappa shape index (κ3) is 5.20. The zero-order chi connectivity index (χ0) is 21.9. The van der Waals surface area contributed by atoms with Crippen molar-refractivity contribution < 1.29 is 14.3 Å². The van der Waals surface area contributed by atoms with Crippen LogP contribution in [0.25, 0.3) is 0 Å². The minimum absolute atomic E-state index is 0.111. The average molecular weight is 470 g/mol. The standard InChI is InChI=1S/C22H23Cl3N2O3/c1-14-10-15(6-7-16(14)23)30-13-22(11-19(26)28)8-3-9-27(12-22)21(29)20-17(24)4-2-5-18(20)25/h2,4-7,10H,3,8-9,11-13H2,1H3,(H2,26,28)/t22-/m1/s1. The van der Waals surface area contributed by atoms with Crippen LogP contribution in [0.4, 0.5) is 0 Å². The van der Waals surface area contributed by atoms with Gasteiger partial charge in [0.1, 0.15) is 5.75 Å². The number of piperidine rings is 1. The van der Waals surface area contributed by atoms with E-state index in [2.05, 4.69) is 0 Å². The zero-order valence-electron chi connectivity index (χ0n) is 16.6. The Balaban J connectivity index is 1.82. The van der Waals surface area contributed by atoms with Gasteiger partial charge in [-0.05, 0) is 55.7 Å². The van der Waals surface area contributed by atoms with E-state index < -0.39 is 11.3 Å². The first-order valence-corrected chi connectivity index (χ1v) is 10.7. The topological polar surface area (TPSA) is 72.6 Å². The molecule has 0 spiro atoms. The molecule has 0 aromatic heterocycles. The predicted octanol–water partition coefficient (Wildman–Crippen LogP) is 5.13. The number of amides is 2. The van der Waals surface area contributed by atoms with E-state index in [1.165, 1.54) is 0 Å². The molecule has 0 aliphatic carbocycles. The third-order valence-electron chi connectivity index (χ3n) is 5.35. The second-order valence-corrected chi connectivity index (χ2v) is 8.99. The monoisotopic (exact) mass is 468 g/mol. The lowest BCUT2D eigenvalue weighted by Gasteiger charge is -2.42. The van der Waals surface area contributed by atoms with Gasteiger partial charge in [0.25, 0.3) is 5.91 Å². The van der Waals surface area contributed by atoms with E-state index in [4.69, 9.17) is 45.3 Å². The van der Waals surface area contributed by atoms with Crippen molar-refractivity contribution in [3.05, 3.63) is 62.6 Å². The number of likely N-dealkylation sites (tertiary alicyclic amines) is 1. The first kappa shape index (κ1) is 22.7. The fourth-order valence-electron chi connectivity index (χ4n) is 3.87. The highest BCUT2D eigenvalue weighted by Crippen LogP contribution is 2.36. The minimum atomic E-state index is -0.596. The number of carbonyl (C=O) groups excluding carboxylic acids is 2. The summed E-state index contributed by atoms with van der Waals surface area (Å²) < 4.78 is 6.01. The van der Waals surface area contributed by atoms with Gasteiger partial charge < -0.3 is 15.4 Å². The third-order valence-corrected chi connectivity index (χ3v) is 6.40. The molecule has 1 aliphatic rings. The zero-order valence-corrected chi connectivity index (χ0v) is 18.9. The summed E-state index contributed by atoms with van der Waals surface area (Å²) in [5, 5.41) is 1.25. The van der Waals surface area contributed by atoms with Crippen molar-refractivity contribution in [2.24, 2.45) is 11.1 Å². The lowest BCUT2D eigenvalue weighted by atomic mass is 9.77. The molecule has 0 unspecified atom stereocenters. The highest BCUT2D eigenvalue weighted by Gasteiger charge is 2.40. The molecule has 2 aromatic carbocycles. The molecule has 3 rings (SSSR count). The van der Waals surface area contributed by atoms with Crippen molar-refractivity contribution in [2.45, 2.75) is 26.2 Å². The van der Waals surface area contributed by atoms with Crippen LogP contribution >= 0.6 is 34.8 Å². The van der Waals surface area contributed by atoms with Crippen molar-refractivity contribution in [3.8, 4) is 5.75 Å². The Morgan fingerprint density at radius 2 is 1.83 bits per heavy atom. The number of rotatable bonds is 6. The van der Waals surface area contributed by atoms with Crippen LogP contribution in [0.5, 0.6) is 5.75 Å². The van der Waals surface area contributed by atoms with Gasteiger partial charge in [0.15, 0.2) is 0 Å². The Bertz CT molecular complexity index is 946. The highest BCUT2D eigenvalue weighted by molar-refractivity contribution is 6.39. The van der Waals surface area contributed by atoms with Crippen molar-refractivity contribution in [1.29, 1.82) is 0 Å². The first-order valence-electron chi connectivity index (χ1n) is 9.61. The van der Waals surface area contributed by atoms with Crippen LogP contribution in [0.3, 0.4) is 0 Å². The van der Waals surface area contributed by atoms with Gasteiger partial charge in [-0.1, -0.05) is 40.9 Å². The molecule has 1 heterocycles. The molecule has 5 nitrogen and oxygen atoms in total. The average Bonchev–Trinajstić information content (AvgIpc) is 2.68. The number of halogens is 3. The fourth-order valence-corrected chi connectivity index (χ4v) is 4.54. The van der Waals surface area contributed by atoms with Crippen molar-refractivity contribution >= 4 is 46.6 Å². The normalized spacial score (nSPS) is 18.9. The fraction of sp³-hybridized carbons (Fsp3) is 0.364. The molecule has 0 radical (unpaired) electrons. The maximum atomic E-state index is 13.2. The summed E-state index contributed by atoms with van der Waals surface area (Å²) in [6.45, 7) is 3.00. The van der Waals surface area contributed by atoms with Crippen LogP contribution in [0.1, 0.15) is 35.2 Å². The number of primary amides is 1. The number of nitrogens with zero attached hydrogens (tertiary/aromatic N) is 1. The van der Waals surface area contributed by atoms with Crippen molar-refractivity contribution in [2.75, 3.05) is 19.7 Å². The van der Waals surface area contributed by atoms with Gasteiger partial charge >= 0.3 is 0 Å². The number of hydrogen-bond donors (Lipinski definition) is 1. The second kappa shape index (κ2) is 9.46. The maximum absolute atomic E-state index is 13.2. The molecule has 2 N–H and O–H groups in total. The molecule has 1 aliphatic heterocycles. The molecular formula is C22H23Cl3N2O3. The predicted molar refractivity (Wildman–Crippen MR) is 120 cm³/mol. The van der Waals surface area contributed by atoms with E-state index in [1.54, 1.807) is 35.2 Å². The van der Waals surface area contributed by atoms with Crippen LogP contribution in [0, 0.1) is 12.3 Å². The van der Waals surface area contributed by atoms with Crippen molar-refractivity contribution in [3.63, 3.8) is 0 Å².